The summed E-state index contributed by atoms with van der Waals surface area (Å²) in [6.45, 7) is 1.02. The summed E-state index contributed by atoms with van der Waals surface area (Å²) in [6.07, 6.45) is -3.73. The lowest BCUT2D eigenvalue weighted by molar-refractivity contribution is -0.137. The third-order valence-corrected chi connectivity index (χ3v) is 4.00. The van der Waals surface area contributed by atoms with E-state index in [2.05, 4.69) is 5.32 Å². The maximum atomic E-state index is 13.0. The predicted molar refractivity (Wildman–Crippen MR) is 83.8 cm³/mol. The molecule has 2 aromatic rings. The average Bonchev–Trinajstić information content (AvgIpc) is 2.58. The van der Waals surface area contributed by atoms with E-state index >= 15 is 0 Å². The summed E-state index contributed by atoms with van der Waals surface area (Å²) in [7, 11) is 0. The molecular weight excluding hydrogens is 317 g/mol. The topological polar surface area (TPSA) is 45.0 Å². The maximum Gasteiger partial charge on any atom is 0.417 e. The van der Waals surface area contributed by atoms with Crippen molar-refractivity contribution >= 4 is 5.69 Å². The van der Waals surface area contributed by atoms with Gasteiger partial charge in [0, 0.05) is 18.2 Å². The number of nitrogens with one attached hydrogen (secondary N) is 1. The largest absolute Gasteiger partial charge is 0.493 e. The first-order chi connectivity index (χ1) is 11.5. The Hall–Kier alpha value is -2.68. The first-order valence-electron chi connectivity index (χ1n) is 7.53. The van der Waals surface area contributed by atoms with E-state index in [0.717, 1.165) is 23.8 Å². The summed E-state index contributed by atoms with van der Waals surface area (Å²) in [5.74, 6) is 1.04. The molecule has 1 aliphatic rings. The van der Waals surface area contributed by atoms with Crippen LogP contribution in [-0.2, 0) is 12.6 Å². The van der Waals surface area contributed by atoms with Crippen LogP contribution in [0.5, 0.6) is 5.75 Å². The number of ether oxygens (including phenoxy) is 1. The van der Waals surface area contributed by atoms with Crippen molar-refractivity contribution in [2.24, 2.45) is 5.92 Å². The van der Waals surface area contributed by atoms with Crippen molar-refractivity contribution in [1.29, 1.82) is 5.26 Å². The number of para-hydroxylation sites is 1. The van der Waals surface area contributed by atoms with Crippen LogP contribution in [0.25, 0.3) is 0 Å². The van der Waals surface area contributed by atoms with Gasteiger partial charge in [-0.15, -0.1) is 0 Å². The van der Waals surface area contributed by atoms with Gasteiger partial charge >= 0.3 is 6.18 Å². The number of benzene rings is 2. The number of fused-ring (bicyclic) bond motifs is 1. The lowest BCUT2D eigenvalue weighted by Gasteiger charge is -2.25. The third kappa shape index (κ3) is 3.46. The Labute approximate surface area is 137 Å². The second kappa shape index (κ2) is 6.44. The first-order valence-corrected chi connectivity index (χ1v) is 7.53. The van der Waals surface area contributed by atoms with Crippen LogP contribution < -0.4 is 10.1 Å². The van der Waals surface area contributed by atoms with Crippen LogP contribution in [0.15, 0.2) is 42.5 Å². The number of nitrogens with zero attached hydrogens (tertiary/aromatic N) is 1. The zero-order valence-electron chi connectivity index (χ0n) is 12.7. The summed E-state index contributed by atoms with van der Waals surface area (Å²) in [5, 5.41) is 11.8. The third-order valence-electron chi connectivity index (χ3n) is 4.00. The number of nitriles is 1. The predicted octanol–water partition coefficient (Wildman–Crippen LogP) is 4.24. The summed E-state index contributed by atoms with van der Waals surface area (Å²) >= 11 is 0. The highest BCUT2D eigenvalue weighted by atomic mass is 19.4. The fraction of sp³-hybridized carbons (Fsp3) is 0.278. The molecule has 2 aromatic carbocycles. The monoisotopic (exact) mass is 332 g/mol. The van der Waals surface area contributed by atoms with Crippen LogP contribution in [0.2, 0.25) is 0 Å². The minimum Gasteiger partial charge on any atom is -0.493 e. The standard InChI is InChI=1S/C18H15F3N2O/c19-18(20,21)16-8-15(6-5-14(16)9-22)23-10-12-7-13-3-1-2-4-17(13)24-11-12/h1-6,8,12,23H,7,10-11H2. The molecule has 0 radical (unpaired) electrons. The maximum absolute atomic E-state index is 13.0. The van der Waals surface area contributed by atoms with Gasteiger partial charge in [0.15, 0.2) is 0 Å². The van der Waals surface area contributed by atoms with E-state index in [1.165, 1.54) is 12.1 Å². The van der Waals surface area contributed by atoms with Gasteiger partial charge < -0.3 is 10.1 Å². The van der Waals surface area contributed by atoms with Crippen LogP contribution in [0.1, 0.15) is 16.7 Å². The highest BCUT2D eigenvalue weighted by Gasteiger charge is 2.33. The Bertz CT molecular complexity index is 781. The molecule has 1 atom stereocenters. The normalized spacial score (nSPS) is 16.7. The van der Waals surface area contributed by atoms with Crippen molar-refractivity contribution in [3.05, 3.63) is 59.2 Å². The summed E-state index contributed by atoms with van der Waals surface area (Å²) in [6, 6.07) is 13.0. The molecule has 0 spiro atoms. The second-order valence-electron chi connectivity index (χ2n) is 5.74. The molecule has 0 fully saturated rings. The van der Waals surface area contributed by atoms with Gasteiger partial charge in [-0.25, -0.2) is 0 Å². The SMILES string of the molecule is N#Cc1ccc(NCC2COc3ccccc3C2)cc1C(F)(F)F. The van der Waals surface area contributed by atoms with Crippen molar-refractivity contribution < 1.29 is 17.9 Å². The van der Waals surface area contributed by atoms with E-state index < -0.39 is 11.7 Å². The minimum atomic E-state index is -4.55. The molecule has 1 unspecified atom stereocenters. The summed E-state index contributed by atoms with van der Waals surface area (Å²) in [4.78, 5) is 0. The molecule has 1 aliphatic heterocycles. The van der Waals surface area contributed by atoms with E-state index in [1.54, 1.807) is 6.07 Å². The Morgan fingerprint density at radius 1 is 1.21 bits per heavy atom. The number of anilines is 1. The van der Waals surface area contributed by atoms with Gasteiger partial charge in [0.25, 0.3) is 0 Å². The zero-order chi connectivity index (χ0) is 17.2. The minimum absolute atomic E-state index is 0.171. The molecule has 6 heteroatoms. The Balaban J connectivity index is 1.69. The molecule has 0 saturated carbocycles. The lowest BCUT2D eigenvalue weighted by Crippen LogP contribution is -2.27. The van der Waals surface area contributed by atoms with Crippen LogP contribution in [0.3, 0.4) is 0 Å². The summed E-state index contributed by atoms with van der Waals surface area (Å²) < 4.78 is 44.6. The number of hydrogen-bond acceptors (Lipinski definition) is 3. The van der Waals surface area contributed by atoms with Gasteiger partial charge in [-0.3, -0.25) is 0 Å². The molecule has 124 valence electrons. The van der Waals surface area contributed by atoms with Crippen LogP contribution >= 0.6 is 0 Å². The molecule has 24 heavy (non-hydrogen) atoms. The Morgan fingerprint density at radius 2 is 2.00 bits per heavy atom. The molecule has 0 aromatic heterocycles. The average molecular weight is 332 g/mol. The van der Waals surface area contributed by atoms with E-state index in [9.17, 15) is 13.2 Å². The van der Waals surface area contributed by atoms with E-state index in [0.29, 0.717) is 18.8 Å². The fourth-order valence-corrected chi connectivity index (χ4v) is 2.77. The van der Waals surface area contributed by atoms with Gasteiger partial charge in [0.2, 0.25) is 0 Å². The van der Waals surface area contributed by atoms with E-state index in [-0.39, 0.29) is 11.5 Å². The zero-order valence-corrected chi connectivity index (χ0v) is 12.7. The highest BCUT2D eigenvalue weighted by Crippen LogP contribution is 2.34. The molecule has 3 nitrogen and oxygen atoms in total. The quantitative estimate of drug-likeness (QED) is 0.914. The number of rotatable bonds is 3. The smallest absolute Gasteiger partial charge is 0.417 e. The van der Waals surface area contributed by atoms with Crippen molar-refractivity contribution in [2.75, 3.05) is 18.5 Å². The van der Waals surface area contributed by atoms with Gasteiger partial charge in [-0.1, -0.05) is 18.2 Å². The molecule has 1 heterocycles. The van der Waals surface area contributed by atoms with E-state index in [1.807, 2.05) is 24.3 Å². The van der Waals surface area contributed by atoms with Crippen molar-refractivity contribution in [2.45, 2.75) is 12.6 Å². The Morgan fingerprint density at radius 3 is 2.75 bits per heavy atom. The molecular formula is C18H15F3N2O. The molecule has 0 aliphatic carbocycles. The second-order valence-corrected chi connectivity index (χ2v) is 5.74. The van der Waals surface area contributed by atoms with Gasteiger partial charge in [0.05, 0.1) is 23.8 Å². The van der Waals surface area contributed by atoms with Crippen LogP contribution in [0.4, 0.5) is 18.9 Å². The fourth-order valence-electron chi connectivity index (χ4n) is 2.77. The van der Waals surface area contributed by atoms with Crippen LogP contribution in [-0.4, -0.2) is 13.2 Å². The van der Waals surface area contributed by atoms with Crippen molar-refractivity contribution in [3.8, 4) is 11.8 Å². The molecule has 0 amide bonds. The highest BCUT2D eigenvalue weighted by molar-refractivity contribution is 5.53. The molecule has 3 rings (SSSR count). The van der Waals surface area contributed by atoms with Gasteiger partial charge in [-0.05, 0) is 36.2 Å². The lowest BCUT2D eigenvalue weighted by atomic mass is 9.96. The van der Waals surface area contributed by atoms with Crippen molar-refractivity contribution in [1.82, 2.24) is 0 Å². The molecule has 0 bridgehead atoms. The van der Waals surface area contributed by atoms with Gasteiger partial charge in [0.1, 0.15) is 5.75 Å². The van der Waals surface area contributed by atoms with Gasteiger partial charge in [-0.2, -0.15) is 18.4 Å². The molecule has 0 saturated heterocycles. The molecule has 1 N–H and O–H groups in total. The first kappa shape index (κ1) is 16.2. The number of hydrogen-bond donors (Lipinski definition) is 1. The van der Waals surface area contributed by atoms with Crippen LogP contribution in [0, 0.1) is 17.2 Å². The number of halogens is 3. The Kier molecular flexibility index (Phi) is 4.34. The summed E-state index contributed by atoms with van der Waals surface area (Å²) in [5.41, 5.74) is 0.162. The number of alkyl halides is 3. The van der Waals surface area contributed by atoms with Crippen molar-refractivity contribution in [3.63, 3.8) is 0 Å². The van der Waals surface area contributed by atoms with E-state index in [4.69, 9.17) is 10.00 Å².